The molecular weight excluding hydrogens is 436 g/mol. The molecule has 0 aliphatic rings. The van der Waals surface area contributed by atoms with Crippen LogP contribution in [0.2, 0.25) is 0 Å². The first-order valence-electron chi connectivity index (χ1n) is 11.4. The normalized spacial score (nSPS) is 11.7. The van der Waals surface area contributed by atoms with Crippen LogP contribution in [0.25, 0.3) is 28.1 Å². The summed E-state index contributed by atoms with van der Waals surface area (Å²) in [7, 11) is 0. The van der Waals surface area contributed by atoms with Gasteiger partial charge in [-0.3, -0.25) is 4.98 Å². The molecule has 0 saturated heterocycles. The molecule has 0 aliphatic carbocycles. The number of nitrogens with one attached hydrogen (secondary N) is 1. The maximum Gasteiger partial charge on any atom is 0.130 e. The molecule has 0 saturated carbocycles. The lowest BCUT2D eigenvalue weighted by Crippen LogP contribution is -2.16. The van der Waals surface area contributed by atoms with Crippen LogP contribution in [0.5, 0.6) is 0 Å². The van der Waals surface area contributed by atoms with E-state index in [9.17, 15) is 4.79 Å². The molecule has 2 aromatic carbocycles. The maximum absolute atomic E-state index is 12.2. The second-order valence-electron chi connectivity index (χ2n) is 8.18. The minimum atomic E-state index is -0.516. The standard InChI is InChI=1S/C28H24N6O/c1-20-16-25(14-15-29-20)34-28(22-10-6-3-7-11-22)27(32-33-34)24(19-35)18-31-26-13-12-23(17-30-26)21-8-4-2-5-9-21/h2-17,19,24H,18H2,1H3,(H,30,31). The smallest absolute Gasteiger partial charge is 0.130 e. The van der Waals surface area contributed by atoms with Crippen LogP contribution in [0.1, 0.15) is 17.3 Å². The zero-order valence-corrected chi connectivity index (χ0v) is 19.2. The van der Waals surface area contributed by atoms with Crippen molar-refractivity contribution in [2.75, 3.05) is 11.9 Å². The van der Waals surface area contributed by atoms with Crippen LogP contribution >= 0.6 is 0 Å². The Labute approximate surface area is 203 Å². The first kappa shape index (κ1) is 22.2. The van der Waals surface area contributed by atoms with E-state index in [2.05, 4.69) is 25.6 Å². The van der Waals surface area contributed by atoms with Gasteiger partial charge in [0.25, 0.3) is 0 Å². The Morgan fingerprint density at radius 2 is 1.63 bits per heavy atom. The van der Waals surface area contributed by atoms with Gasteiger partial charge in [0.2, 0.25) is 0 Å². The highest BCUT2D eigenvalue weighted by Crippen LogP contribution is 2.29. The molecule has 1 unspecified atom stereocenters. The second-order valence-corrected chi connectivity index (χ2v) is 8.18. The number of nitrogens with zero attached hydrogens (tertiary/aromatic N) is 5. The molecule has 0 bridgehead atoms. The molecule has 35 heavy (non-hydrogen) atoms. The molecule has 0 aliphatic heterocycles. The highest BCUT2D eigenvalue weighted by atomic mass is 16.1. The van der Waals surface area contributed by atoms with Gasteiger partial charge < -0.3 is 10.1 Å². The number of rotatable bonds is 8. The highest BCUT2D eigenvalue weighted by molar-refractivity contribution is 5.72. The van der Waals surface area contributed by atoms with Crippen molar-refractivity contribution >= 4 is 12.1 Å². The fraction of sp³-hybridized carbons (Fsp3) is 0.107. The van der Waals surface area contributed by atoms with E-state index >= 15 is 0 Å². The van der Waals surface area contributed by atoms with E-state index < -0.39 is 5.92 Å². The van der Waals surface area contributed by atoms with Gasteiger partial charge in [-0.2, -0.15) is 0 Å². The van der Waals surface area contributed by atoms with E-state index in [1.165, 1.54) is 0 Å². The summed E-state index contributed by atoms with van der Waals surface area (Å²) < 4.78 is 1.77. The Morgan fingerprint density at radius 3 is 2.29 bits per heavy atom. The largest absolute Gasteiger partial charge is 0.369 e. The maximum atomic E-state index is 12.2. The van der Waals surface area contributed by atoms with Crippen LogP contribution in [0.15, 0.2) is 97.3 Å². The Balaban J connectivity index is 1.43. The summed E-state index contributed by atoms with van der Waals surface area (Å²) >= 11 is 0. The lowest BCUT2D eigenvalue weighted by molar-refractivity contribution is -0.108. The Kier molecular flexibility index (Phi) is 6.39. The molecule has 0 spiro atoms. The minimum Gasteiger partial charge on any atom is -0.369 e. The number of carbonyl (C=O) groups excluding carboxylic acids is 1. The van der Waals surface area contributed by atoms with Crippen molar-refractivity contribution < 1.29 is 4.79 Å². The van der Waals surface area contributed by atoms with E-state index in [1.807, 2.05) is 98.0 Å². The van der Waals surface area contributed by atoms with E-state index in [-0.39, 0.29) is 0 Å². The summed E-state index contributed by atoms with van der Waals surface area (Å²) in [6.45, 7) is 2.27. The highest BCUT2D eigenvalue weighted by Gasteiger charge is 2.24. The van der Waals surface area contributed by atoms with Gasteiger partial charge in [-0.25, -0.2) is 9.67 Å². The third kappa shape index (κ3) is 4.84. The number of aryl methyl sites for hydroxylation is 1. The van der Waals surface area contributed by atoms with Crippen LogP contribution in [-0.2, 0) is 4.79 Å². The van der Waals surface area contributed by atoms with Crippen LogP contribution in [0.3, 0.4) is 0 Å². The lowest BCUT2D eigenvalue weighted by Gasteiger charge is -2.14. The third-order valence-corrected chi connectivity index (χ3v) is 5.76. The van der Waals surface area contributed by atoms with Crippen molar-refractivity contribution in [3.05, 3.63) is 109 Å². The molecule has 172 valence electrons. The molecule has 1 N–H and O–H groups in total. The van der Waals surface area contributed by atoms with E-state index in [1.54, 1.807) is 10.9 Å². The first-order valence-corrected chi connectivity index (χ1v) is 11.4. The van der Waals surface area contributed by atoms with E-state index in [0.717, 1.165) is 40.1 Å². The van der Waals surface area contributed by atoms with Crippen LogP contribution < -0.4 is 5.32 Å². The number of carbonyl (C=O) groups is 1. The van der Waals surface area contributed by atoms with Crippen molar-refractivity contribution in [1.29, 1.82) is 0 Å². The summed E-state index contributed by atoms with van der Waals surface area (Å²) in [6.07, 6.45) is 4.47. The molecule has 7 heteroatoms. The van der Waals surface area contributed by atoms with E-state index in [4.69, 9.17) is 0 Å². The van der Waals surface area contributed by atoms with Crippen molar-refractivity contribution in [3.8, 4) is 28.1 Å². The summed E-state index contributed by atoms with van der Waals surface area (Å²) in [5.41, 5.74) is 6.16. The summed E-state index contributed by atoms with van der Waals surface area (Å²) in [5, 5.41) is 12.1. The first-order chi connectivity index (χ1) is 17.2. The minimum absolute atomic E-state index is 0.342. The SMILES string of the molecule is Cc1cc(-n2nnc(C(C=O)CNc3ccc(-c4ccccc4)cn3)c2-c2ccccc2)ccn1. The van der Waals surface area contributed by atoms with Crippen molar-refractivity contribution in [1.82, 2.24) is 25.0 Å². The monoisotopic (exact) mass is 460 g/mol. The third-order valence-electron chi connectivity index (χ3n) is 5.76. The fourth-order valence-corrected chi connectivity index (χ4v) is 3.98. The van der Waals surface area contributed by atoms with Crippen molar-refractivity contribution in [3.63, 3.8) is 0 Å². The average Bonchev–Trinajstić information content (AvgIpc) is 3.35. The van der Waals surface area contributed by atoms with Gasteiger partial charge in [-0.05, 0) is 36.8 Å². The van der Waals surface area contributed by atoms with Crippen LogP contribution in [-0.4, -0.2) is 37.8 Å². The van der Waals surface area contributed by atoms with Crippen LogP contribution in [0.4, 0.5) is 5.82 Å². The Morgan fingerprint density at radius 1 is 0.886 bits per heavy atom. The van der Waals surface area contributed by atoms with Gasteiger partial charge >= 0.3 is 0 Å². The molecule has 3 heterocycles. The Bertz CT molecular complexity index is 1420. The molecule has 0 amide bonds. The number of pyridine rings is 2. The average molecular weight is 461 g/mol. The predicted molar refractivity (Wildman–Crippen MR) is 136 cm³/mol. The van der Waals surface area contributed by atoms with E-state index in [0.29, 0.717) is 18.1 Å². The van der Waals surface area contributed by atoms with Gasteiger partial charge in [-0.1, -0.05) is 65.9 Å². The van der Waals surface area contributed by atoms with Gasteiger partial charge in [0.1, 0.15) is 17.8 Å². The molecule has 5 aromatic rings. The zero-order valence-electron chi connectivity index (χ0n) is 19.2. The van der Waals surface area contributed by atoms with Gasteiger partial charge in [-0.15, -0.1) is 5.10 Å². The molecule has 7 nitrogen and oxygen atoms in total. The molecular formula is C28H24N6O. The number of hydrogen-bond donors (Lipinski definition) is 1. The summed E-state index contributed by atoms with van der Waals surface area (Å²) in [4.78, 5) is 21.0. The summed E-state index contributed by atoms with van der Waals surface area (Å²) in [5.74, 6) is 0.174. The lowest BCUT2D eigenvalue weighted by atomic mass is 10.0. The second kappa shape index (κ2) is 10.1. The number of hydrogen-bond acceptors (Lipinski definition) is 6. The number of anilines is 1. The fourth-order valence-electron chi connectivity index (χ4n) is 3.98. The number of benzene rings is 2. The van der Waals surface area contributed by atoms with Crippen molar-refractivity contribution in [2.24, 2.45) is 0 Å². The molecule has 1 atom stereocenters. The van der Waals surface area contributed by atoms with Crippen molar-refractivity contribution in [2.45, 2.75) is 12.8 Å². The molecule has 0 radical (unpaired) electrons. The zero-order chi connectivity index (χ0) is 24.0. The quantitative estimate of drug-likeness (QED) is 0.325. The van der Waals surface area contributed by atoms with Crippen LogP contribution in [0, 0.1) is 6.92 Å². The predicted octanol–water partition coefficient (Wildman–Crippen LogP) is 5.09. The molecule has 5 rings (SSSR count). The Hall–Kier alpha value is -4.65. The van der Waals surface area contributed by atoms with Gasteiger partial charge in [0.05, 0.1) is 17.3 Å². The number of aromatic nitrogens is 5. The number of aldehydes is 1. The van der Waals surface area contributed by atoms with Gasteiger partial charge in [0, 0.05) is 35.8 Å². The van der Waals surface area contributed by atoms with Gasteiger partial charge in [0.15, 0.2) is 0 Å². The molecule has 3 aromatic heterocycles. The molecule has 0 fully saturated rings. The topological polar surface area (TPSA) is 85.6 Å². The summed E-state index contributed by atoms with van der Waals surface area (Å²) in [6, 6.07) is 27.7.